The molecule has 9 heteroatoms. The minimum absolute atomic E-state index is 0. The van der Waals surface area contributed by atoms with Crippen LogP contribution in [0.2, 0.25) is 0 Å². The number of pyridine rings is 1. The molecule has 0 spiro atoms. The summed E-state index contributed by atoms with van der Waals surface area (Å²) >= 11 is 0. The normalized spacial score (nSPS) is 10.7. The molecule has 1 aromatic carbocycles. The van der Waals surface area contributed by atoms with Gasteiger partial charge in [0, 0.05) is 18.6 Å². The molecular formula is C14H14ClN3O5. The van der Waals surface area contributed by atoms with Crippen molar-refractivity contribution in [1.29, 1.82) is 0 Å². The highest BCUT2D eigenvalue weighted by atomic mass is 35.5. The van der Waals surface area contributed by atoms with E-state index >= 15 is 0 Å². The van der Waals surface area contributed by atoms with Crippen LogP contribution in [0.15, 0.2) is 36.5 Å². The number of nitro benzene ring substituents is 1. The summed E-state index contributed by atoms with van der Waals surface area (Å²) in [5.74, 6) is -0.148. The van der Waals surface area contributed by atoms with Crippen LogP contribution in [0.4, 0.5) is 5.69 Å². The van der Waals surface area contributed by atoms with Gasteiger partial charge in [-0.25, -0.2) is 4.98 Å². The van der Waals surface area contributed by atoms with Crippen LogP contribution in [0, 0.1) is 10.1 Å². The molecule has 0 radical (unpaired) electrons. The van der Waals surface area contributed by atoms with Crippen LogP contribution >= 0.6 is 0 Å². The number of benzene rings is 1. The standard InChI is InChI=1S/C14H13N3O5.ClH/c1-9(13-5-4-12(18)7-15-13)16-22-8-10-2-3-11(17(20)21)6-14(10)19;/h2-7,18-19H,8H2,1H3;1H. The van der Waals surface area contributed by atoms with E-state index in [1.165, 1.54) is 24.4 Å². The Bertz CT molecular complexity index is 719. The summed E-state index contributed by atoms with van der Waals surface area (Å²) in [6.45, 7) is 1.74. The van der Waals surface area contributed by atoms with Crippen molar-refractivity contribution in [3.8, 4) is 11.5 Å². The van der Waals surface area contributed by atoms with Gasteiger partial charge in [0.1, 0.15) is 17.2 Å². The van der Waals surface area contributed by atoms with Crippen molar-refractivity contribution in [2.75, 3.05) is 0 Å². The second kappa shape index (κ2) is 7.95. The first-order valence-corrected chi connectivity index (χ1v) is 6.30. The van der Waals surface area contributed by atoms with Crippen LogP contribution in [0.3, 0.4) is 0 Å². The van der Waals surface area contributed by atoms with E-state index in [2.05, 4.69) is 10.1 Å². The number of phenolic OH excluding ortho intramolecular Hbond substituents is 1. The van der Waals surface area contributed by atoms with Crippen LogP contribution in [-0.4, -0.2) is 25.8 Å². The highest BCUT2D eigenvalue weighted by Gasteiger charge is 2.12. The summed E-state index contributed by atoms with van der Waals surface area (Å²) in [4.78, 5) is 19.2. The van der Waals surface area contributed by atoms with Crippen molar-refractivity contribution in [3.63, 3.8) is 0 Å². The molecule has 0 aliphatic heterocycles. The van der Waals surface area contributed by atoms with Gasteiger partial charge < -0.3 is 22.6 Å². The van der Waals surface area contributed by atoms with Gasteiger partial charge in [0.25, 0.3) is 5.69 Å². The summed E-state index contributed by atoms with van der Waals surface area (Å²) in [5, 5.41) is 32.1. The number of nitrogens with zero attached hydrogens (tertiary/aromatic N) is 2. The Hall–Kier alpha value is -2.87. The molecule has 23 heavy (non-hydrogen) atoms. The number of rotatable bonds is 5. The molecule has 0 atom stereocenters. The van der Waals surface area contributed by atoms with Crippen LogP contribution in [0.5, 0.6) is 11.5 Å². The van der Waals surface area contributed by atoms with Gasteiger partial charge in [0.15, 0.2) is 6.61 Å². The average molecular weight is 340 g/mol. The summed E-state index contributed by atoms with van der Waals surface area (Å²) in [6, 6.07) is 6.89. The van der Waals surface area contributed by atoms with Crippen LogP contribution < -0.4 is 17.6 Å². The Morgan fingerprint density at radius 3 is 2.65 bits per heavy atom. The molecule has 0 aliphatic rings. The Morgan fingerprint density at radius 1 is 1.35 bits per heavy atom. The van der Waals surface area contributed by atoms with Crippen molar-refractivity contribution in [3.05, 3.63) is 57.9 Å². The van der Waals surface area contributed by atoms with E-state index in [0.717, 1.165) is 6.07 Å². The molecule has 122 valence electrons. The van der Waals surface area contributed by atoms with Crippen LogP contribution in [0.25, 0.3) is 0 Å². The van der Waals surface area contributed by atoms with Gasteiger partial charge in [0.05, 0.1) is 17.2 Å². The molecular weight excluding hydrogens is 326 g/mol. The maximum atomic E-state index is 10.6. The molecule has 0 bridgehead atoms. The Labute approximate surface area is 137 Å². The van der Waals surface area contributed by atoms with Gasteiger partial charge in [-0.15, -0.1) is 0 Å². The molecule has 0 aliphatic carbocycles. The lowest BCUT2D eigenvalue weighted by Gasteiger charge is -2.01. The maximum absolute atomic E-state index is 10.6. The fraction of sp³-hybridized carbons (Fsp3) is 0.143. The van der Waals surface area contributed by atoms with E-state index in [1.807, 2.05) is 0 Å². The zero-order valence-corrected chi connectivity index (χ0v) is 12.8. The molecule has 3 N–H and O–H groups in total. The Kier molecular flexibility index (Phi) is 6.28. The van der Waals surface area contributed by atoms with E-state index in [9.17, 15) is 15.2 Å². The zero-order valence-electron chi connectivity index (χ0n) is 12.1. The Morgan fingerprint density at radius 2 is 2.09 bits per heavy atom. The van der Waals surface area contributed by atoms with E-state index in [0.29, 0.717) is 17.0 Å². The third kappa shape index (κ3) is 4.82. The van der Waals surface area contributed by atoms with Gasteiger partial charge in [-0.3, -0.25) is 15.0 Å². The maximum Gasteiger partial charge on any atom is 0.273 e. The molecule has 8 nitrogen and oxygen atoms in total. The van der Waals surface area contributed by atoms with Crippen LogP contribution in [-0.2, 0) is 11.4 Å². The van der Waals surface area contributed by atoms with E-state index in [-0.39, 0.29) is 36.2 Å². The molecule has 0 unspecified atom stereocenters. The van der Waals surface area contributed by atoms with Crippen molar-refractivity contribution < 1.29 is 37.5 Å². The number of hydrogen-bond acceptors (Lipinski definition) is 6. The fourth-order valence-corrected chi connectivity index (χ4v) is 1.67. The molecule has 1 aromatic heterocycles. The van der Waals surface area contributed by atoms with E-state index in [4.69, 9.17) is 9.94 Å². The third-order valence-electron chi connectivity index (χ3n) is 2.86. The van der Waals surface area contributed by atoms with Crippen LogP contribution in [0.1, 0.15) is 18.2 Å². The molecule has 1 heterocycles. The molecule has 0 amide bonds. The Balaban J connectivity index is 0.00000264. The first-order valence-electron chi connectivity index (χ1n) is 6.30. The number of hydrogen-bond donors (Lipinski definition) is 3. The summed E-state index contributed by atoms with van der Waals surface area (Å²) in [5.41, 5.74) is 1.42. The monoisotopic (exact) mass is 339 g/mol. The molecule has 0 saturated heterocycles. The smallest absolute Gasteiger partial charge is 0.273 e. The summed E-state index contributed by atoms with van der Waals surface area (Å²) < 4.78 is 0. The molecule has 0 saturated carbocycles. The van der Waals surface area contributed by atoms with E-state index in [1.54, 1.807) is 13.0 Å². The predicted molar refractivity (Wildman–Crippen MR) is 76.2 cm³/mol. The molecule has 2 aromatic rings. The minimum atomic E-state index is -0.586. The first-order chi connectivity index (χ1) is 10.5. The van der Waals surface area contributed by atoms with Crippen molar-refractivity contribution in [1.82, 2.24) is 4.98 Å². The lowest BCUT2D eigenvalue weighted by Crippen LogP contribution is -3.00. The topological polar surface area (TPSA) is 120 Å². The second-order valence-corrected chi connectivity index (χ2v) is 4.49. The van der Waals surface area contributed by atoms with E-state index < -0.39 is 4.92 Å². The van der Waals surface area contributed by atoms with Gasteiger partial charge >= 0.3 is 0 Å². The number of aromatic hydroxyl groups is 2. The largest absolute Gasteiger partial charge is 1.00 e. The second-order valence-electron chi connectivity index (χ2n) is 4.49. The zero-order chi connectivity index (χ0) is 16.1. The number of aromatic nitrogens is 1. The van der Waals surface area contributed by atoms with Crippen molar-refractivity contribution in [2.24, 2.45) is 0 Å². The average Bonchev–Trinajstić information content (AvgIpc) is 2.49. The molecule has 0 fully saturated rings. The number of halogens is 1. The summed E-state index contributed by atoms with van der Waals surface area (Å²) in [6.07, 6.45) is 1.31. The number of nitro groups is 1. The summed E-state index contributed by atoms with van der Waals surface area (Å²) in [7, 11) is 0. The predicted octanol–water partition coefficient (Wildman–Crippen LogP) is -2.57. The number of non-ortho nitro benzene ring substituents is 1. The first kappa shape index (κ1) is 18.2. The van der Waals surface area contributed by atoms with Gasteiger partial charge in [-0.1, -0.05) is 0 Å². The number of phenols is 1. The van der Waals surface area contributed by atoms with Gasteiger partial charge in [-0.2, -0.15) is 0 Å². The molecule has 2 rings (SSSR count). The quantitative estimate of drug-likeness (QED) is 0.313. The SMILES string of the molecule is CC(=[NH+]OCc1ccc([N+](=O)[O-])cc1O)c1ccc(O)cn1.[Cl-]. The lowest BCUT2D eigenvalue weighted by molar-refractivity contribution is -0.758. The number of nitrogens with one attached hydrogen (secondary N) is 1. The van der Waals surface area contributed by atoms with Gasteiger partial charge in [0.2, 0.25) is 5.71 Å². The van der Waals surface area contributed by atoms with Gasteiger partial charge in [-0.05, 0) is 23.4 Å². The lowest BCUT2D eigenvalue weighted by atomic mass is 10.2. The third-order valence-corrected chi connectivity index (χ3v) is 2.86. The highest BCUT2D eigenvalue weighted by molar-refractivity contribution is 5.92. The minimum Gasteiger partial charge on any atom is -1.00 e. The fourth-order valence-electron chi connectivity index (χ4n) is 1.67. The van der Waals surface area contributed by atoms with Crippen molar-refractivity contribution >= 4 is 11.4 Å². The highest BCUT2D eigenvalue weighted by Crippen LogP contribution is 2.23. The van der Waals surface area contributed by atoms with Crippen molar-refractivity contribution in [2.45, 2.75) is 13.5 Å².